The van der Waals surface area contributed by atoms with Gasteiger partial charge in [-0.15, -0.1) is 0 Å². The summed E-state index contributed by atoms with van der Waals surface area (Å²) in [5.74, 6) is -1.90. The molecule has 0 unspecified atom stereocenters. The number of benzene rings is 1. The fourth-order valence-electron chi connectivity index (χ4n) is 4.92. The molecule has 1 aromatic heterocycles. The molecule has 34 heavy (non-hydrogen) atoms. The van der Waals surface area contributed by atoms with Crippen molar-refractivity contribution in [3.05, 3.63) is 51.6 Å². The normalized spacial score (nSPS) is 20.8. The number of aromatic nitrogens is 2. The summed E-state index contributed by atoms with van der Waals surface area (Å²) in [5, 5.41) is 13.0. The number of amides is 1. The highest BCUT2D eigenvalue weighted by atomic mass is 35.5. The number of aliphatic carboxylic acids is 1. The molecule has 1 aromatic carbocycles. The minimum Gasteiger partial charge on any atom is -0.481 e. The maximum atomic E-state index is 13.7. The second-order valence-electron chi connectivity index (χ2n) is 9.03. The van der Waals surface area contributed by atoms with Crippen LogP contribution in [0.5, 0.6) is 0 Å². The molecule has 6 nitrogen and oxygen atoms in total. The number of carboxylic acids is 1. The van der Waals surface area contributed by atoms with Crippen LogP contribution < -0.4 is 0 Å². The Hall–Kier alpha value is -2.62. The molecule has 1 fully saturated rings. The number of hydrogen-bond donors (Lipinski definition) is 1. The number of nitrogens with zero attached hydrogens (tertiary/aromatic N) is 3. The quantitative estimate of drug-likeness (QED) is 0.591. The van der Waals surface area contributed by atoms with Crippen LogP contribution in [-0.4, -0.2) is 38.2 Å². The Kier molecular flexibility index (Phi) is 6.89. The summed E-state index contributed by atoms with van der Waals surface area (Å²) >= 11 is 5.89. The van der Waals surface area contributed by atoms with E-state index >= 15 is 0 Å². The first-order valence-electron chi connectivity index (χ1n) is 11.1. The van der Waals surface area contributed by atoms with Gasteiger partial charge in [-0.3, -0.25) is 14.3 Å². The number of halogens is 5. The highest BCUT2D eigenvalue weighted by molar-refractivity contribution is 6.30. The zero-order valence-corrected chi connectivity index (χ0v) is 19.0. The van der Waals surface area contributed by atoms with E-state index in [1.54, 1.807) is 0 Å². The van der Waals surface area contributed by atoms with Crippen molar-refractivity contribution in [2.45, 2.75) is 57.8 Å². The molecule has 2 heterocycles. The van der Waals surface area contributed by atoms with Crippen molar-refractivity contribution in [1.29, 1.82) is 0 Å². The summed E-state index contributed by atoms with van der Waals surface area (Å²) in [5.41, 5.74) is -0.283. The molecule has 2 aliphatic rings. The molecule has 1 saturated carbocycles. The molecule has 1 aliphatic heterocycles. The summed E-state index contributed by atoms with van der Waals surface area (Å²) in [6, 6.07) is 3.76. The molecule has 4 rings (SSSR count). The number of alkyl halides is 3. The largest absolute Gasteiger partial charge is 0.481 e. The van der Waals surface area contributed by atoms with Crippen molar-refractivity contribution in [2.75, 3.05) is 6.54 Å². The minimum atomic E-state index is -4.65. The van der Waals surface area contributed by atoms with E-state index in [1.165, 1.54) is 21.7 Å². The molecule has 0 bridgehead atoms. The number of carboxylic acid groups (broad SMARTS) is 1. The fraction of sp³-hybridized carbons (Fsp3) is 0.522. The van der Waals surface area contributed by atoms with Gasteiger partial charge < -0.3 is 10.0 Å². The first-order chi connectivity index (χ1) is 16.0. The maximum absolute atomic E-state index is 13.7. The third-order valence-corrected chi connectivity index (χ3v) is 6.89. The second kappa shape index (κ2) is 9.56. The van der Waals surface area contributed by atoms with Gasteiger partial charge in [0.2, 0.25) is 5.91 Å². The van der Waals surface area contributed by atoms with Crippen molar-refractivity contribution in [2.24, 2.45) is 11.8 Å². The molecular weight excluding hydrogens is 478 g/mol. The minimum absolute atomic E-state index is 0.0194. The van der Waals surface area contributed by atoms with Gasteiger partial charge in [-0.05, 0) is 61.8 Å². The molecule has 184 valence electrons. The van der Waals surface area contributed by atoms with Crippen LogP contribution in [-0.2, 0) is 35.3 Å². The lowest BCUT2D eigenvalue weighted by atomic mass is 9.80. The van der Waals surface area contributed by atoms with Crippen LogP contribution in [0.3, 0.4) is 0 Å². The van der Waals surface area contributed by atoms with Gasteiger partial charge >= 0.3 is 12.1 Å². The molecule has 0 saturated heterocycles. The molecule has 1 N–H and O–H groups in total. The van der Waals surface area contributed by atoms with E-state index in [4.69, 9.17) is 16.7 Å². The SMILES string of the molecule is O=C(C[C@H]1CC[C@@H](C(=O)O)CC1)N1CCc2c(C(F)(F)F)nn(Cc3cc(F)cc(Cl)c3)c2C1. The monoisotopic (exact) mass is 501 g/mol. The molecule has 1 amide bonds. The summed E-state index contributed by atoms with van der Waals surface area (Å²) in [4.78, 5) is 25.6. The lowest BCUT2D eigenvalue weighted by molar-refractivity contribution is -0.143. The average Bonchev–Trinajstić information content (AvgIpc) is 3.11. The summed E-state index contributed by atoms with van der Waals surface area (Å²) in [6.45, 7) is 0.0127. The smallest absolute Gasteiger partial charge is 0.435 e. The predicted octanol–water partition coefficient (Wildman–Crippen LogP) is 4.91. The Morgan fingerprint density at radius 1 is 1.15 bits per heavy atom. The van der Waals surface area contributed by atoms with Crippen molar-refractivity contribution in [1.82, 2.24) is 14.7 Å². The maximum Gasteiger partial charge on any atom is 0.435 e. The van der Waals surface area contributed by atoms with E-state index in [0.717, 1.165) is 6.07 Å². The van der Waals surface area contributed by atoms with Gasteiger partial charge in [-0.25, -0.2) is 4.39 Å². The van der Waals surface area contributed by atoms with Crippen LogP contribution in [0.2, 0.25) is 5.02 Å². The first-order valence-corrected chi connectivity index (χ1v) is 11.5. The molecule has 11 heteroatoms. The number of rotatable bonds is 5. The Morgan fingerprint density at radius 2 is 1.85 bits per heavy atom. The second-order valence-corrected chi connectivity index (χ2v) is 9.47. The molecule has 1 aliphatic carbocycles. The number of fused-ring (bicyclic) bond motifs is 1. The summed E-state index contributed by atoms with van der Waals surface area (Å²) < 4.78 is 55.8. The predicted molar refractivity (Wildman–Crippen MR) is 115 cm³/mol. The Labute approximate surface area is 198 Å². The van der Waals surface area contributed by atoms with Crippen molar-refractivity contribution >= 4 is 23.5 Å². The van der Waals surface area contributed by atoms with E-state index in [1.807, 2.05) is 0 Å². The third-order valence-electron chi connectivity index (χ3n) is 6.67. The van der Waals surface area contributed by atoms with Gasteiger partial charge in [0.15, 0.2) is 5.69 Å². The Balaban J connectivity index is 1.52. The van der Waals surface area contributed by atoms with Crippen LogP contribution in [0.15, 0.2) is 18.2 Å². The topological polar surface area (TPSA) is 75.4 Å². The van der Waals surface area contributed by atoms with Crippen molar-refractivity contribution < 1.29 is 32.3 Å². The zero-order chi connectivity index (χ0) is 24.6. The molecule has 2 aromatic rings. The van der Waals surface area contributed by atoms with Crippen molar-refractivity contribution in [3.8, 4) is 0 Å². The number of hydrogen-bond acceptors (Lipinski definition) is 3. The van der Waals surface area contributed by atoms with E-state index in [9.17, 15) is 27.2 Å². The molecular formula is C23H24ClF4N3O3. The van der Waals surface area contributed by atoms with E-state index in [0.29, 0.717) is 31.2 Å². The number of carbonyl (C=O) groups excluding carboxylic acids is 1. The van der Waals surface area contributed by atoms with Crippen LogP contribution in [0.25, 0.3) is 0 Å². The van der Waals surface area contributed by atoms with Gasteiger partial charge in [0.25, 0.3) is 0 Å². The number of carbonyl (C=O) groups is 2. The van der Waals surface area contributed by atoms with E-state index in [2.05, 4.69) is 5.10 Å². The average molecular weight is 502 g/mol. The zero-order valence-electron chi connectivity index (χ0n) is 18.2. The van der Waals surface area contributed by atoms with Gasteiger partial charge in [0.05, 0.1) is 24.7 Å². The fourth-order valence-corrected chi connectivity index (χ4v) is 5.16. The Morgan fingerprint density at radius 3 is 2.47 bits per heavy atom. The van der Waals surface area contributed by atoms with Crippen LogP contribution >= 0.6 is 11.6 Å². The highest BCUT2D eigenvalue weighted by Gasteiger charge is 2.41. The van der Waals surface area contributed by atoms with E-state index in [-0.39, 0.29) is 66.5 Å². The van der Waals surface area contributed by atoms with Gasteiger partial charge in [0, 0.05) is 23.6 Å². The third kappa shape index (κ3) is 5.37. The standard InChI is InChI=1S/C23H24ClF4N3O3/c24-16-7-14(8-17(25)10-16)11-31-19-12-30(6-5-18(19)21(29-31)23(26,27)28)20(32)9-13-1-3-15(4-2-13)22(33)34/h7-8,10,13,15H,1-6,9,11-12H2,(H,33,34)/t13-,15+. The Bertz CT molecular complexity index is 1070. The van der Waals surface area contributed by atoms with Crippen LogP contribution in [0, 0.1) is 17.7 Å². The summed E-state index contributed by atoms with van der Waals surface area (Å²) in [6.07, 6.45) is -2.07. The summed E-state index contributed by atoms with van der Waals surface area (Å²) in [7, 11) is 0. The van der Waals surface area contributed by atoms with Gasteiger partial charge in [0.1, 0.15) is 5.82 Å². The van der Waals surface area contributed by atoms with Crippen molar-refractivity contribution in [3.63, 3.8) is 0 Å². The van der Waals surface area contributed by atoms with Gasteiger partial charge in [-0.1, -0.05) is 11.6 Å². The lowest BCUT2D eigenvalue weighted by Gasteiger charge is -2.31. The van der Waals surface area contributed by atoms with Crippen LogP contribution in [0.4, 0.5) is 17.6 Å². The highest BCUT2D eigenvalue weighted by Crippen LogP contribution is 2.36. The molecule has 0 spiro atoms. The molecule has 0 atom stereocenters. The van der Waals surface area contributed by atoms with E-state index < -0.39 is 23.7 Å². The van der Waals surface area contributed by atoms with Gasteiger partial charge in [-0.2, -0.15) is 18.3 Å². The van der Waals surface area contributed by atoms with Crippen LogP contribution in [0.1, 0.15) is 54.6 Å². The first kappa shape index (κ1) is 24.5. The lowest BCUT2D eigenvalue weighted by Crippen LogP contribution is -2.38. The molecule has 0 radical (unpaired) electrons.